The first kappa shape index (κ1) is 10.8. The monoisotopic (exact) mass is 235 g/mol. The molecule has 2 aromatic rings. The van der Waals surface area contributed by atoms with E-state index in [-0.39, 0.29) is 5.91 Å². The first-order chi connectivity index (χ1) is 7.81. The van der Waals surface area contributed by atoms with Crippen molar-refractivity contribution in [1.82, 2.24) is 0 Å². The summed E-state index contributed by atoms with van der Waals surface area (Å²) in [5.74, 6) is 0.160. The number of hydrogen-bond acceptors (Lipinski definition) is 2. The Hall–Kier alpha value is -1.74. The van der Waals surface area contributed by atoms with Crippen molar-refractivity contribution in [2.45, 2.75) is 5.88 Å². The highest BCUT2D eigenvalue weighted by molar-refractivity contribution is 6.17. The lowest BCUT2D eigenvalue weighted by atomic mass is 10.2. The molecule has 2 rings (SSSR count). The van der Waals surface area contributed by atoms with Crippen LogP contribution in [0, 0.1) is 0 Å². The number of halogens is 1. The van der Waals surface area contributed by atoms with Gasteiger partial charge in [0.1, 0.15) is 6.26 Å². The standard InChI is InChI=1S/C12H10ClNO2/c13-7-9-3-1-2-4-11(9)14-12(15)10-5-6-16-8-10/h1-6,8H,7H2,(H,14,15). The summed E-state index contributed by atoms with van der Waals surface area (Å²) in [5.41, 5.74) is 2.11. The highest BCUT2D eigenvalue weighted by Gasteiger charge is 2.08. The number of para-hydroxylation sites is 1. The molecule has 0 bridgehead atoms. The Morgan fingerprint density at radius 2 is 2.12 bits per heavy atom. The van der Waals surface area contributed by atoms with Gasteiger partial charge < -0.3 is 9.73 Å². The molecule has 1 heterocycles. The molecule has 3 nitrogen and oxygen atoms in total. The summed E-state index contributed by atoms with van der Waals surface area (Å²) in [7, 11) is 0. The molecule has 0 aliphatic carbocycles. The molecular weight excluding hydrogens is 226 g/mol. The van der Waals surface area contributed by atoms with E-state index in [0.29, 0.717) is 11.4 Å². The van der Waals surface area contributed by atoms with Gasteiger partial charge in [0, 0.05) is 11.6 Å². The van der Waals surface area contributed by atoms with Crippen LogP contribution in [0.1, 0.15) is 15.9 Å². The highest BCUT2D eigenvalue weighted by Crippen LogP contribution is 2.18. The largest absolute Gasteiger partial charge is 0.472 e. The average molecular weight is 236 g/mol. The van der Waals surface area contributed by atoms with Gasteiger partial charge in [0.25, 0.3) is 5.91 Å². The molecule has 0 spiro atoms. The van der Waals surface area contributed by atoms with Gasteiger partial charge in [0.2, 0.25) is 0 Å². The molecule has 0 aliphatic heterocycles. The quantitative estimate of drug-likeness (QED) is 0.830. The zero-order valence-electron chi connectivity index (χ0n) is 8.44. The normalized spacial score (nSPS) is 10.1. The van der Waals surface area contributed by atoms with Crippen LogP contribution in [-0.4, -0.2) is 5.91 Å². The van der Waals surface area contributed by atoms with Crippen molar-refractivity contribution >= 4 is 23.2 Å². The van der Waals surface area contributed by atoms with E-state index in [9.17, 15) is 4.79 Å². The summed E-state index contributed by atoms with van der Waals surface area (Å²) in [6, 6.07) is 9.03. The molecule has 82 valence electrons. The van der Waals surface area contributed by atoms with E-state index in [0.717, 1.165) is 11.3 Å². The van der Waals surface area contributed by atoms with Crippen LogP contribution in [0.25, 0.3) is 0 Å². The topological polar surface area (TPSA) is 42.2 Å². The molecule has 1 amide bonds. The molecule has 16 heavy (non-hydrogen) atoms. The lowest BCUT2D eigenvalue weighted by molar-refractivity contribution is 0.102. The van der Waals surface area contributed by atoms with E-state index < -0.39 is 0 Å². The highest BCUT2D eigenvalue weighted by atomic mass is 35.5. The summed E-state index contributed by atoms with van der Waals surface area (Å²) in [4.78, 5) is 11.7. The minimum Gasteiger partial charge on any atom is -0.472 e. The summed E-state index contributed by atoms with van der Waals surface area (Å²) in [5, 5.41) is 2.78. The number of amides is 1. The molecular formula is C12H10ClNO2. The Kier molecular flexibility index (Phi) is 3.27. The van der Waals surface area contributed by atoms with Crippen molar-refractivity contribution < 1.29 is 9.21 Å². The number of rotatable bonds is 3. The van der Waals surface area contributed by atoms with Crippen LogP contribution in [-0.2, 0) is 5.88 Å². The van der Waals surface area contributed by atoms with Crippen molar-refractivity contribution in [1.29, 1.82) is 0 Å². The zero-order chi connectivity index (χ0) is 11.4. The second-order valence-electron chi connectivity index (χ2n) is 3.26. The minimum atomic E-state index is -0.202. The number of hydrogen-bond donors (Lipinski definition) is 1. The Morgan fingerprint density at radius 1 is 1.31 bits per heavy atom. The van der Waals surface area contributed by atoms with Gasteiger partial charge in [-0.1, -0.05) is 18.2 Å². The van der Waals surface area contributed by atoms with Crippen LogP contribution < -0.4 is 5.32 Å². The fraction of sp³-hybridized carbons (Fsp3) is 0.0833. The van der Waals surface area contributed by atoms with Gasteiger partial charge >= 0.3 is 0 Å². The molecule has 0 aliphatic rings. The molecule has 0 fully saturated rings. The fourth-order valence-electron chi connectivity index (χ4n) is 1.35. The second kappa shape index (κ2) is 4.86. The molecule has 0 atom stereocenters. The molecule has 0 saturated heterocycles. The number of carbonyl (C=O) groups excluding carboxylic acids is 1. The van der Waals surface area contributed by atoms with Crippen LogP contribution in [0.15, 0.2) is 47.3 Å². The third-order valence-electron chi connectivity index (χ3n) is 2.19. The first-order valence-corrected chi connectivity index (χ1v) is 5.32. The number of carbonyl (C=O) groups is 1. The Morgan fingerprint density at radius 3 is 2.81 bits per heavy atom. The molecule has 1 aromatic carbocycles. The van der Waals surface area contributed by atoms with Gasteiger partial charge in [-0.15, -0.1) is 11.6 Å². The number of nitrogens with one attached hydrogen (secondary N) is 1. The van der Waals surface area contributed by atoms with Crippen LogP contribution in [0.4, 0.5) is 5.69 Å². The lowest BCUT2D eigenvalue weighted by Gasteiger charge is -2.07. The zero-order valence-corrected chi connectivity index (χ0v) is 9.20. The van der Waals surface area contributed by atoms with Gasteiger partial charge in [-0.05, 0) is 17.7 Å². The Bertz CT molecular complexity index is 480. The smallest absolute Gasteiger partial charge is 0.258 e. The third-order valence-corrected chi connectivity index (χ3v) is 2.48. The van der Waals surface area contributed by atoms with Crippen LogP contribution in [0.3, 0.4) is 0 Å². The minimum absolute atomic E-state index is 0.202. The predicted octanol–water partition coefficient (Wildman–Crippen LogP) is 3.27. The molecule has 0 saturated carbocycles. The lowest BCUT2D eigenvalue weighted by Crippen LogP contribution is -2.12. The van der Waals surface area contributed by atoms with E-state index in [1.807, 2.05) is 24.3 Å². The summed E-state index contributed by atoms with van der Waals surface area (Å²) >= 11 is 5.77. The molecule has 1 aromatic heterocycles. The second-order valence-corrected chi connectivity index (χ2v) is 3.52. The van der Waals surface area contributed by atoms with Crippen molar-refractivity contribution in [3.05, 3.63) is 54.0 Å². The maximum absolute atomic E-state index is 11.7. The maximum atomic E-state index is 11.7. The molecule has 0 unspecified atom stereocenters. The third kappa shape index (κ3) is 2.25. The van der Waals surface area contributed by atoms with Gasteiger partial charge in [-0.2, -0.15) is 0 Å². The SMILES string of the molecule is O=C(Nc1ccccc1CCl)c1ccoc1. The Balaban J connectivity index is 2.18. The number of furan rings is 1. The van der Waals surface area contributed by atoms with E-state index in [1.54, 1.807) is 6.07 Å². The van der Waals surface area contributed by atoms with E-state index in [4.69, 9.17) is 16.0 Å². The summed E-state index contributed by atoms with van der Waals surface area (Å²) < 4.78 is 4.84. The van der Waals surface area contributed by atoms with Crippen LogP contribution in [0.2, 0.25) is 0 Å². The van der Waals surface area contributed by atoms with Crippen molar-refractivity contribution in [2.75, 3.05) is 5.32 Å². The van der Waals surface area contributed by atoms with E-state index >= 15 is 0 Å². The molecule has 1 N–H and O–H groups in total. The summed E-state index contributed by atoms with van der Waals surface area (Å²) in [6.07, 6.45) is 2.86. The fourth-order valence-corrected chi connectivity index (χ4v) is 1.58. The van der Waals surface area contributed by atoms with Gasteiger partial charge in [-0.25, -0.2) is 0 Å². The van der Waals surface area contributed by atoms with Crippen LogP contribution >= 0.6 is 11.6 Å². The summed E-state index contributed by atoms with van der Waals surface area (Å²) in [6.45, 7) is 0. The molecule has 4 heteroatoms. The van der Waals surface area contributed by atoms with Crippen molar-refractivity contribution in [2.24, 2.45) is 0 Å². The van der Waals surface area contributed by atoms with Crippen molar-refractivity contribution in [3.63, 3.8) is 0 Å². The van der Waals surface area contributed by atoms with E-state index in [1.165, 1.54) is 12.5 Å². The van der Waals surface area contributed by atoms with Gasteiger partial charge in [0.15, 0.2) is 0 Å². The molecule has 0 radical (unpaired) electrons. The Labute approximate surface area is 98.0 Å². The number of anilines is 1. The number of benzene rings is 1. The van der Waals surface area contributed by atoms with Gasteiger partial charge in [0.05, 0.1) is 11.8 Å². The van der Waals surface area contributed by atoms with Gasteiger partial charge in [-0.3, -0.25) is 4.79 Å². The van der Waals surface area contributed by atoms with Crippen LogP contribution in [0.5, 0.6) is 0 Å². The first-order valence-electron chi connectivity index (χ1n) is 4.78. The van der Waals surface area contributed by atoms with Crippen molar-refractivity contribution in [3.8, 4) is 0 Å². The number of alkyl halides is 1. The average Bonchev–Trinajstić information content (AvgIpc) is 2.83. The van der Waals surface area contributed by atoms with E-state index in [2.05, 4.69) is 5.32 Å². The predicted molar refractivity (Wildman–Crippen MR) is 62.7 cm³/mol. The maximum Gasteiger partial charge on any atom is 0.258 e.